The van der Waals surface area contributed by atoms with Crippen LogP contribution in [0.5, 0.6) is 0 Å². The Labute approximate surface area is 143 Å². The first kappa shape index (κ1) is 14.8. The lowest BCUT2D eigenvalue weighted by Crippen LogP contribution is -2.14. The third-order valence-electron chi connectivity index (χ3n) is 5.45. The molecule has 0 aromatic heterocycles. The van der Waals surface area contributed by atoms with E-state index in [-0.39, 0.29) is 0 Å². The fourth-order valence-corrected chi connectivity index (χ4v) is 4.41. The standard InChI is InChI=1S/C22H21Cl/c1-3-14(2)16-7-4-6-15-10-11-18-17-8-5-9-21(23)19(17)12-13-20(18)22(15)16/h3-6,8-11,16H,7,12-13H2,1-2H3. The fourth-order valence-electron chi connectivity index (χ4n) is 4.14. The normalized spacial score (nSPS) is 19.1. The summed E-state index contributed by atoms with van der Waals surface area (Å²) in [6, 6.07) is 10.9. The molecule has 0 bridgehead atoms. The zero-order chi connectivity index (χ0) is 16.0. The summed E-state index contributed by atoms with van der Waals surface area (Å²) in [4.78, 5) is 0. The second-order valence-corrected chi connectivity index (χ2v) is 6.99. The van der Waals surface area contributed by atoms with Gasteiger partial charge in [0.2, 0.25) is 0 Å². The van der Waals surface area contributed by atoms with Crippen LogP contribution in [0, 0.1) is 0 Å². The van der Waals surface area contributed by atoms with Crippen molar-refractivity contribution in [1.29, 1.82) is 0 Å². The molecule has 0 fully saturated rings. The SMILES string of the molecule is CC=C(C)C1CC=Cc2ccc3c(c21)CCc1c(Cl)cccc1-3. The summed E-state index contributed by atoms with van der Waals surface area (Å²) < 4.78 is 0. The summed E-state index contributed by atoms with van der Waals surface area (Å²) >= 11 is 6.43. The van der Waals surface area contributed by atoms with Gasteiger partial charge in [0, 0.05) is 10.9 Å². The van der Waals surface area contributed by atoms with Crippen molar-refractivity contribution in [2.75, 3.05) is 0 Å². The molecule has 0 N–H and O–H groups in total. The second-order valence-electron chi connectivity index (χ2n) is 6.58. The van der Waals surface area contributed by atoms with Crippen molar-refractivity contribution in [3.05, 3.63) is 75.3 Å². The van der Waals surface area contributed by atoms with Gasteiger partial charge < -0.3 is 0 Å². The number of fused-ring (bicyclic) bond motifs is 5. The molecule has 4 rings (SSSR count). The molecule has 0 saturated carbocycles. The first-order valence-corrected chi connectivity index (χ1v) is 8.81. The first-order valence-electron chi connectivity index (χ1n) is 8.43. The van der Waals surface area contributed by atoms with Crippen LogP contribution in [-0.4, -0.2) is 0 Å². The van der Waals surface area contributed by atoms with Crippen molar-refractivity contribution in [2.24, 2.45) is 0 Å². The Hall–Kier alpha value is -1.79. The molecule has 0 amide bonds. The molecule has 2 aliphatic carbocycles. The molecule has 0 spiro atoms. The highest BCUT2D eigenvalue weighted by Crippen LogP contribution is 2.45. The van der Waals surface area contributed by atoms with Gasteiger partial charge >= 0.3 is 0 Å². The predicted octanol–water partition coefficient (Wildman–Crippen LogP) is 6.57. The zero-order valence-corrected chi connectivity index (χ0v) is 14.5. The topological polar surface area (TPSA) is 0 Å². The summed E-state index contributed by atoms with van der Waals surface area (Å²) in [5, 5.41) is 0.909. The van der Waals surface area contributed by atoms with E-state index in [1.165, 1.54) is 33.4 Å². The molecule has 2 aromatic rings. The molecule has 116 valence electrons. The first-order chi connectivity index (χ1) is 11.2. The molecule has 1 unspecified atom stereocenters. The van der Waals surface area contributed by atoms with Crippen LogP contribution in [0.15, 0.2) is 48.1 Å². The van der Waals surface area contributed by atoms with Gasteiger partial charge in [-0.2, -0.15) is 0 Å². The van der Waals surface area contributed by atoms with Gasteiger partial charge in [0.05, 0.1) is 0 Å². The van der Waals surface area contributed by atoms with E-state index in [9.17, 15) is 0 Å². The van der Waals surface area contributed by atoms with Crippen LogP contribution in [-0.2, 0) is 12.8 Å². The minimum Gasteiger partial charge on any atom is -0.0881 e. The van der Waals surface area contributed by atoms with E-state index >= 15 is 0 Å². The Bertz CT molecular complexity index is 839. The van der Waals surface area contributed by atoms with Gasteiger partial charge in [-0.3, -0.25) is 0 Å². The highest BCUT2D eigenvalue weighted by molar-refractivity contribution is 6.31. The third kappa shape index (κ3) is 2.28. The molecule has 0 saturated heterocycles. The summed E-state index contributed by atoms with van der Waals surface area (Å²) in [5.74, 6) is 0.524. The average molecular weight is 321 g/mol. The predicted molar refractivity (Wildman–Crippen MR) is 100 cm³/mol. The monoisotopic (exact) mass is 320 g/mol. The molecule has 2 aliphatic rings. The number of hydrogen-bond donors (Lipinski definition) is 0. The number of halogens is 1. The maximum Gasteiger partial charge on any atom is 0.0444 e. The molecule has 2 aromatic carbocycles. The van der Waals surface area contributed by atoms with Gasteiger partial charge in [-0.15, -0.1) is 0 Å². The molecule has 0 radical (unpaired) electrons. The number of benzene rings is 2. The molecule has 23 heavy (non-hydrogen) atoms. The van der Waals surface area contributed by atoms with Crippen molar-refractivity contribution >= 4 is 17.7 Å². The fraction of sp³-hybridized carbons (Fsp3) is 0.273. The molecule has 0 nitrogen and oxygen atoms in total. The van der Waals surface area contributed by atoms with Crippen molar-refractivity contribution < 1.29 is 0 Å². The number of hydrogen-bond acceptors (Lipinski definition) is 0. The van der Waals surface area contributed by atoms with Gasteiger partial charge in [-0.05, 0) is 72.6 Å². The Morgan fingerprint density at radius 1 is 1.09 bits per heavy atom. The third-order valence-corrected chi connectivity index (χ3v) is 5.80. The van der Waals surface area contributed by atoms with E-state index in [1.807, 2.05) is 6.07 Å². The van der Waals surface area contributed by atoms with Crippen LogP contribution in [0.25, 0.3) is 17.2 Å². The summed E-state index contributed by atoms with van der Waals surface area (Å²) in [5.41, 5.74) is 9.98. The minimum atomic E-state index is 0.524. The molecule has 0 aliphatic heterocycles. The maximum atomic E-state index is 6.43. The van der Waals surface area contributed by atoms with Crippen molar-refractivity contribution in [1.82, 2.24) is 0 Å². The Kier molecular flexibility index (Phi) is 3.66. The summed E-state index contributed by atoms with van der Waals surface area (Å²) in [6.45, 7) is 4.42. The Balaban J connectivity index is 1.97. The van der Waals surface area contributed by atoms with Crippen LogP contribution in [0.3, 0.4) is 0 Å². The quantitative estimate of drug-likeness (QED) is 0.521. The molecule has 1 heteroatoms. The summed E-state index contributed by atoms with van der Waals surface area (Å²) in [7, 11) is 0. The number of rotatable bonds is 1. The molecular weight excluding hydrogens is 300 g/mol. The van der Waals surface area contributed by atoms with Crippen molar-refractivity contribution in [3.8, 4) is 11.1 Å². The van der Waals surface area contributed by atoms with E-state index < -0.39 is 0 Å². The van der Waals surface area contributed by atoms with E-state index in [0.717, 1.165) is 24.3 Å². The van der Waals surface area contributed by atoms with Gasteiger partial charge in [0.25, 0.3) is 0 Å². The van der Waals surface area contributed by atoms with Gasteiger partial charge in [0.15, 0.2) is 0 Å². The van der Waals surface area contributed by atoms with Crippen LogP contribution < -0.4 is 0 Å². The Morgan fingerprint density at radius 3 is 2.70 bits per heavy atom. The van der Waals surface area contributed by atoms with Gasteiger partial charge in [-0.1, -0.05) is 59.7 Å². The number of allylic oxidation sites excluding steroid dienone is 3. The minimum absolute atomic E-state index is 0.524. The second kappa shape index (κ2) is 5.69. The Morgan fingerprint density at radius 2 is 1.87 bits per heavy atom. The van der Waals surface area contributed by atoms with E-state index in [4.69, 9.17) is 11.6 Å². The molecular formula is C22H21Cl. The van der Waals surface area contributed by atoms with E-state index in [0.29, 0.717) is 5.92 Å². The summed E-state index contributed by atoms with van der Waals surface area (Å²) in [6.07, 6.45) is 10.1. The van der Waals surface area contributed by atoms with Crippen LogP contribution in [0.2, 0.25) is 5.02 Å². The van der Waals surface area contributed by atoms with Crippen LogP contribution in [0.4, 0.5) is 0 Å². The lowest BCUT2D eigenvalue weighted by Gasteiger charge is -2.30. The molecule has 1 atom stereocenters. The zero-order valence-electron chi connectivity index (χ0n) is 13.7. The van der Waals surface area contributed by atoms with Crippen LogP contribution >= 0.6 is 11.6 Å². The largest absolute Gasteiger partial charge is 0.0881 e. The van der Waals surface area contributed by atoms with Crippen molar-refractivity contribution in [2.45, 2.75) is 39.0 Å². The van der Waals surface area contributed by atoms with E-state index in [2.05, 4.69) is 56.3 Å². The van der Waals surface area contributed by atoms with Gasteiger partial charge in [-0.25, -0.2) is 0 Å². The lowest BCUT2D eigenvalue weighted by atomic mass is 9.74. The van der Waals surface area contributed by atoms with Gasteiger partial charge in [0.1, 0.15) is 0 Å². The molecule has 0 heterocycles. The maximum absolute atomic E-state index is 6.43. The highest BCUT2D eigenvalue weighted by Gasteiger charge is 2.27. The lowest BCUT2D eigenvalue weighted by molar-refractivity contribution is 0.772. The van der Waals surface area contributed by atoms with E-state index in [1.54, 1.807) is 5.56 Å². The van der Waals surface area contributed by atoms with Crippen molar-refractivity contribution in [3.63, 3.8) is 0 Å². The van der Waals surface area contributed by atoms with Crippen LogP contribution in [0.1, 0.15) is 48.4 Å². The smallest absolute Gasteiger partial charge is 0.0444 e. The average Bonchev–Trinajstić information content (AvgIpc) is 2.60. The highest BCUT2D eigenvalue weighted by atomic mass is 35.5.